The van der Waals surface area contributed by atoms with Gasteiger partial charge in [0.1, 0.15) is 0 Å². The van der Waals surface area contributed by atoms with Crippen LogP contribution in [0, 0.1) is 11.8 Å². The number of piperidine rings is 1. The minimum Gasteiger partial charge on any atom is -0.478 e. The molecule has 3 rings (SSSR count). The zero-order valence-corrected chi connectivity index (χ0v) is 26.4. The Balaban J connectivity index is 0.000000742. The molecule has 2 aliphatic rings. The number of nitrogens with zero attached hydrogens (tertiary/aromatic N) is 1. The molecule has 1 saturated heterocycles. The number of methoxy groups -OCH3 is 1. The van der Waals surface area contributed by atoms with E-state index in [9.17, 15) is 19.2 Å². The van der Waals surface area contributed by atoms with Gasteiger partial charge in [0.15, 0.2) is 0 Å². The summed E-state index contributed by atoms with van der Waals surface area (Å²) in [5.74, 6) is -1.69. The van der Waals surface area contributed by atoms with Gasteiger partial charge in [-0.15, -0.1) is 0 Å². The Hall–Kier alpha value is -3.35. The molecule has 0 radical (unpaired) electrons. The highest BCUT2D eigenvalue weighted by Gasteiger charge is 2.32. The second-order valence-electron chi connectivity index (χ2n) is 11.1. The van der Waals surface area contributed by atoms with Gasteiger partial charge in [0.2, 0.25) is 0 Å². The normalized spacial score (nSPS) is 18.4. The van der Waals surface area contributed by atoms with Crippen molar-refractivity contribution in [2.75, 3.05) is 46.9 Å². The van der Waals surface area contributed by atoms with E-state index in [1.165, 1.54) is 39.2 Å². The summed E-state index contributed by atoms with van der Waals surface area (Å²) in [7, 11) is 3.28. The molecule has 0 bridgehead atoms. The van der Waals surface area contributed by atoms with Crippen LogP contribution in [0.25, 0.3) is 0 Å². The summed E-state index contributed by atoms with van der Waals surface area (Å²) in [5, 5.41) is 25.5. The number of rotatable bonds is 13. The maximum absolute atomic E-state index is 13.3. The fraction of sp³-hybridized carbons (Fsp3) is 0.613. The molecule has 44 heavy (non-hydrogen) atoms. The highest BCUT2D eigenvalue weighted by atomic mass is 35.5. The van der Waals surface area contributed by atoms with Gasteiger partial charge in [-0.25, -0.2) is 19.2 Å². The van der Waals surface area contributed by atoms with Gasteiger partial charge in [-0.1, -0.05) is 55.8 Å². The zero-order chi connectivity index (χ0) is 32.3. The molecule has 1 aromatic carbocycles. The quantitative estimate of drug-likeness (QED) is 0.155. The number of amides is 3. The smallest absolute Gasteiger partial charge is 0.406 e. The van der Waals surface area contributed by atoms with E-state index < -0.39 is 18.0 Å². The van der Waals surface area contributed by atoms with Gasteiger partial charge in [-0.05, 0) is 49.9 Å². The Morgan fingerprint density at radius 1 is 1.07 bits per heavy atom. The lowest BCUT2D eigenvalue weighted by Gasteiger charge is -2.38. The summed E-state index contributed by atoms with van der Waals surface area (Å²) in [6.07, 6.45) is 9.79. The van der Waals surface area contributed by atoms with E-state index in [-0.39, 0.29) is 24.1 Å². The predicted octanol–water partition coefficient (Wildman–Crippen LogP) is 4.45. The Morgan fingerprint density at radius 3 is 2.39 bits per heavy atom. The van der Waals surface area contributed by atoms with Crippen LogP contribution in [0.1, 0.15) is 63.0 Å². The Kier molecular flexibility index (Phi) is 17.2. The zero-order valence-electron chi connectivity index (χ0n) is 25.6. The van der Waals surface area contributed by atoms with E-state index in [4.69, 9.17) is 26.6 Å². The summed E-state index contributed by atoms with van der Waals surface area (Å²) in [6.45, 7) is 2.81. The van der Waals surface area contributed by atoms with Crippen molar-refractivity contribution in [3.63, 3.8) is 0 Å². The Labute approximate surface area is 264 Å². The first kappa shape index (κ1) is 36.8. The molecule has 12 nitrogen and oxygen atoms in total. The molecule has 1 heterocycles. The summed E-state index contributed by atoms with van der Waals surface area (Å²) in [4.78, 5) is 45.7. The number of carbonyl (C=O) groups excluding carboxylic acids is 2. The van der Waals surface area contributed by atoms with Crippen LogP contribution in [0.2, 0.25) is 5.02 Å². The molecule has 2 fully saturated rings. The molecule has 0 aromatic heterocycles. The fourth-order valence-electron chi connectivity index (χ4n) is 5.71. The predicted molar refractivity (Wildman–Crippen MR) is 167 cm³/mol. The Morgan fingerprint density at radius 2 is 1.77 bits per heavy atom. The van der Waals surface area contributed by atoms with E-state index in [0.717, 1.165) is 37.9 Å². The number of ether oxygens (including phenoxy) is 2. The maximum Gasteiger partial charge on any atom is 0.406 e. The lowest BCUT2D eigenvalue weighted by atomic mass is 9.85. The maximum atomic E-state index is 13.3. The van der Waals surface area contributed by atoms with Crippen LogP contribution in [-0.4, -0.2) is 92.2 Å². The number of likely N-dealkylation sites (tertiary alicyclic amines) is 1. The number of nitrogens with one attached hydrogen (secondary N) is 3. The van der Waals surface area contributed by atoms with Crippen LogP contribution in [0.3, 0.4) is 0 Å². The monoisotopic (exact) mass is 638 g/mol. The fourth-order valence-corrected chi connectivity index (χ4v) is 5.91. The summed E-state index contributed by atoms with van der Waals surface area (Å²) in [6, 6.07) is 7.84. The molecule has 1 saturated carbocycles. The molecule has 13 heteroatoms. The van der Waals surface area contributed by atoms with Gasteiger partial charge in [-0.3, -0.25) is 0 Å². The van der Waals surface area contributed by atoms with Gasteiger partial charge in [0.25, 0.3) is 0 Å². The topological polar surface area (TPSA) is 167 Å². The highest BCUT2D eigenvalue weighted by molar-refractivity contribution is 6.30. The summed E-state index contributed by atoms with van der Waals surface area (Å²) < 4.78 is 10.9. The van der Waals surface area contributed by atoms with Crippen molar-refractivity contribution in [2.24, 2.45) is 11.8 Å². The largest absolute Gasteiger partial charge is 0.478 e. The summed E-state index contributed by atoms with van der Waals surface area (Å²) >= 11 is 6.29. The number of likely N-dealkylation sites (N-methyl/N-ethyl adjacent to an activating group) is 1. The first-order valence-corrected chi connectivity index (χ1v) is 15.5. The molecule has 3 amide bonds. The van der Waals surface area contributed by atoms with E-state index >= 15 is 0 Å². The third-order valence-electron chi connectivity index (χ3n) is 7.69. The minimum absolute atomic E-state index is 0.00737. The second kappa shape index (κ2) is 20.6. The number of carboxylic acids is 2. The third-order valence-corrected chi connectivity index (χ3v) is 7.93. The number of aliphatic carboxylic acids is 2. The van der Waals surface area contributed by atoms with Gasteiger partial charge in [-0.2, -0.15) is 0 Å². The van der Waals surface area contributed by atoms with Gasteiger partial charge < -0.3 is 40.5 Å². The van der Waals surface area contributed by atoms with Crippen LogP contribution < -0.4 is 16.0 Å². The summed E-state index contributed by atoms with van der Waals surface area (Å²) in [5.41, 5.74) is 0.984. The van der Waals surface area contributed by atoms with E-state index in [2.05, 4.69) is 20.7 Å². The van der Waals surface area contributed by atoms with Crippen molar-refractivity contribution in [2.45, 2.75) is 63.5 Å². The number of benzene rings is 1. The average Bonchev–Trinajstić information content (AvgIpc) is 3.01. The SMILES string of the molecule is CNC[C@H](CC1CCCCC1)NC(=O)N1CCC[C@@H]([C@@H](OCCNC(=O)OC)c2cccc(Cl)c2)C1.O=C(O)/C=C/C(=O)O. The number of hydrogen-bond donors (Lipinski definition) is 5. The molecule has 5 N–H and O–H groups in total. The standard InChI is InChI=1S/C27H43ClN4O4.C4H4O4/c1-29-18-24(16-20-8-4-3-5-9-20)31-26(33)32-14-7-11-22(19-32)25(21-10-6-12-23(28)17-21)36-15-13-30-27(34)35-2;5-3(6)1-2-4(7)8/h6,10,12,17,20,22,24-25,29H,3-5,7-9,11,13-16,18-19H2,1-2H3,(H,30,34)(H,31,33);1-2H,(H,5,6)(H,7,8)/b;2-1+/t22-,24+,25+;/m1./s1. The van der Waals surface area contributed by atoms with E-state index in [1.54, 1.807) is 0 Å². The van der Waals surface area contributed by atoms with Crippen LogP contribution in [0.15, 0.2) is 36.4 Å². The van der Waals surface area contributed by atoms with Crippen molar-refractivity contribution >= 4 is 35.7 Å². The van der Waals surface area contributed by atoms with E-state index in [0.29, 0.717) is 42.8 Å². The van der Waals surface area contributed by atoms with Crippen molar-refractivity contribution in [1.82, 2.24) is 20.9 Å². The number of alkyl carbamates (subject to hydrolysis) is 1. The molecule has 1 aliphatic heterocycles. The second-order valence-corrected chi connectivity index (χ2v) is 11.5. The molecule has 1 aromatic rings. The molecule has 0 spiro atoms. The van der Waals surface area contributed by atoms with Crippen LogP contribution in [-0.2, 0) is 19.1 Å². The number of carbonyl (C=O) groups is 4. The first-order chi connectivity index (χ1) is 21.1. The van der Waals surface area contributed by atoms with Gasteiger partial charge in [0, 0.05) is 55.3 Å². The van der Waals surface area contributed by atoms with Crippen LogP contribution in [0.4, 0.5) is 9.59 Å². The number of carboxylic acid groups (broad SMARTS) is 2. The van der Waals surface area contributed by atoms with Crippen LogP contribution >= 0.6 is 11.6 Å². The van der Waals surface area contributed by atoms with Crippen LogP contribution in [0.5, 0.6) is 0 Å². The number of urea groups is 1. The van der Waals surface area contributed by atoms with Crippen molar-refractivity contribution < 1.29 is 38.9 Å². The Bertz CT molecular complexity index is 1070. The molecule has 1 aliphatic carbocycles. The molecule has 246 valence electrons. The van der Waals surface area contributed by atoms with Crippen molar-refractivity contribution in [3.8, 4) is 0 Å². The minimum atomic E-state index is -1.26. The molecule has 0 unspecified atom stereocenters. The number of halogens is 1. The molecular formula is C31H47ClN4O8. The average molecular weight is 639 g/mol. The molecule has 3 atom stereocenters. The lowest BCUT2D eigenvalue weighted by Crippen LogP contribution is -2.52. The first-order valence-electron chi connectivity index (χ1n) is 15.2. The van der Waals surface area contributed by atoms with Gasteiger partial charge >= 0.3 is 24.1 Å². The van der Waals surface area contributed by atoms with Gasteiger partial charge in [0.05, 0.1) is 19.8 Å². The van der Waals surface area contributed by atoms with Crippen molar-refractivity contribution in [1.29, 1.82) is 0 Å². The highest BCUT2D eigenvalue weighted by Crippen LogP contribution is 2.34. The van der Waals surface area contributed by atoms with E-state index in [1.807, 2.05) is 36.2 Å². The number of hydrogen-bond acceptors (Lipinski definition) is 7. The lowest BCUT2D eigenvalue weighted by molar-refractivity contribution is -0.134. The molecular weight excluding hydrogens is 592 g/mol. The third kappa shape index (κ3) is 14.4. The van der Waals surface area contributed by atoms with Crippen molar-refractivity contribution in [3.05, 3.63) is 47.0 Å².